The van der Waals surface area contributed by atoms with Crippen molar-refractivity contribution in [1.29, 1.82) is 0 Å². The molecule has 2 atom stereocenters. The summed E-state index contributed by atoms with van der Waals surface area (Å²) in [5, 5.41) is 10.1. The van der Waals surface area contributed by atoms with Gasteiger partial charge in [0.15, 0.2) is 0 Å². The molecule has 2 heterocycles. The van der Waals surface area contributed by atoms with Gasteiger partial charge in [-0.1, -0.05) is 0 Å². The predicted octanol–water partition coefficient (Wildman–Crippen LogP) is 1.99. The maximum atomic E-state index is 5.81. The zero-order valence-electron chi connectivity index (χ0n) is 12.5. The molecule has 0 saturated heterocycles. The Morgan fingerprint density at radius 2 is 2.38 bits per heavy atom. The number of nitrogens with zero attached hydrogens (tertiary/aromatic N) is 2. The van der Waals surface area contributed by atoms with E-state index in [0.717, 1.165) is 29.3 Å². The maximum absolute atomic E-state index is 5.81. The van der Waals surface area contributed by atoms with Crippen molar-refractivity contribution in [3.8, 4) is 11.5 Å². The van der Waals surface area contributed by atoms with Crippen LogP contribution in [0.1, 0.15) is 36.8 Å². The molecule has 2 unspecified atom stereocenters. The molecule has 6 nitrogen and oxygen atoms in total. The van der Waals surface area contributed by atoms with Gasteiger partial charge < -0.3 is 14.8 Å². The number of aromatic nitrogens is 3. The van der Waals surface area contributed by atoms with Gasteiger partial charge in [0, 0.05) is 24.1 Å². The number of benzene rings is 1. The van der Waals surface area contributed by atoms with Crippen molar-refractivity contribution in [2.24, 2.45) is 0 Å². The van der Waals surface area contributed by atoms with Crippen molar-refractivity contribution in [2.75, 3.05) is 7.11 Å². The van der Waals surface area contributed by atoms with Crippen molar-refractivity contribution in [1.82, 2.24) is 20.5 Å². The first-order chi connectivity index (χ1) is 10.2. The Balaban J connectivity index is 1.74. The fraction of sp³-hybridized carbons (Fsp3) is 0.467. The molecule has 0 aliphatic carbocycles. The van der Waals surface area contributed by atoms with Gasteiger partial charge in [0.25, 0.3) is 0 Å². The Hall–Kier alpha value is -2.08. The molecule has 1 aliphatic heterocycles. The number of H-pyrrole nitrogens is 1. The Kier molecular flexibility index (Phi) is 3.79. The van der Waals surface area contributed by atoms with Crippen LogP contribution in [-0.4, -0.2) is 28.4 Å². The van der Waals surface area contributed by atoms with Gasteiger partial charge in [-0.3, -0.25) is 5.10 Å². The quantitative estimate of drug-likeness (QED) is 0.880. The van der Waals surface area contributed by atoms with Gasteiger partial charge in [-0.25, -0.2) is 4.98 Å². The number of methoxy groups -OCH3 is 1. The van der Waals surface area contributed by atoms with Gasteiger partial charge in [0.1, 0.15) is 29.8 Å². The van der Waals surface area contributed by atoms with Crippen LogP contribution >= 0.6 is 0 Å². The minimum absolute atomic E-state index is 0.0882. The summed E-state index contributed by atoms with van der Waals surface area (Å²) in [7, 11) is 1.70. The SMILES string of the molecule is COc1cc2c(cc1CNC(C)c1ncn[nH]1)OC(C)C2. The highest BCUT2D eigenvalue weighted by molar-refractivity contribution is 5.48. The highest BCUT2D eigenvalue weighted by Gasteiger charge is 2.21. The molecule has 21 heavy (non-hydrogen) atoms. The van der Waals surface area contributed by atoms with E-state index >= 15 is 0 Å². The average Bonchev–Trinajstić information content (AvgIpc) is 3.11. The van der Waals surface area contributed by atoms with Crippen molar-refractivity contribution in [3.63, 3.8) is 0 Å². The molecule has 112 valence electrons. The van der Waals surface area contributed by atoms with Crippen LogP contribution in [0.2, 0.25) is 0 Å². The third kappa shape index (κ3) is 2.85. The van der Waals surface area contributed by atoms with Gasteiger partial charge in [-0.05, 0) is 26.0 Å². The van der Waals surface area contributed by atoms with Crippen LogP contribution in [0.4, 0.5) is 0 Å². The molecule has 0 radical (unpaired) electrons. The van der Waals surface area contributed by atoms with Crippen molar-refractivity contribution >= 4 is 0 Å². The molecular weight excluding hydrogens is 268 g/mol. The highest BCUT2D eigenvalue weighted by atomic mass is 16.5. The lowest BCUT2D eigenvalue weighted by molar-refractivity contribution is 0.254. The fourth-order valence-electron chi connectivity index (χ4n) is 2.59. The molecule has 2 N–H and O–H groups in total. The summed E-state index contributed by atoms with van der Waals surface area (Å²) in [5.74, 6) is 2.68. The second kappa shape index (κ2) is 5.73. The van der Waals surface area contributed by atoms with Crippen molar-refractivity contribution in [2.45, 2.75) is 39.0 Å². The van der Waals surface area contributed by atoms with E-state index < -0.39 is 0 Å². The van der Waals surface area contributed by atoms with Crippen LogP contribution in [0, 0.1) is 0 Å². The number of hydrogen-bond donors (Lipinski definition) is 2. The topological polar surface area (TPSA) is 72.1 Å². The molecule has 0 saturated carbocycles. The normalized spacial score (nSPS) is 18.1. The van der Waals surface area contributed by atoms with Gasteiger partial charge in [0.2, 0.25) is 0 Å². The maximum Gasteiger partial charge on any atom is 0.141 e. The number of ether oxygens (including phenoxy) is 2. The zero-order chi connectivity index (χ0) is 14.8. The van der Waals surface area contributed by atoms with Crippen LogP contribution in [0.15, 0.2) is 18.5 Å². The van der Waals surface area contributed by atoms with E-state index in [1.165, 1.54) is 11.9 Å². The predicted molar refractivity (Wildman–Crippen MR) is 78.4 cm³/mol. The minimum Gasteiger partial charge on any atom is -0.496 e. The zero-order valence-corrected chi connectivity index (χ0v) is 12.5. The van der Waals surface area contributed by atoms with Crippen LogP contribution in [0.3, 0.4) is 0 Å². The summed E-state index contributed by atoms with van der Waals surface area (Å²) in [4.78, 5) is 4.15. The molecule has 0 fully saturated rings. The fourth-order valence-corrected chi connectivity index (χ4v) is 2.59. The number of aromatic amines is 1. The molecule has 0 bridgehead atoms. The molecule has 2 aromatic rings. The Bertz CT molecular complexity index is 612. The first kappa shape index (κ1) is 13.9. The van der Waals surface area contributed by atoms with Gasteiger partial charge in [0.05, 0.1) is 13.2 Å². The summed E-state index contributed by atoms with van der Waals surface area (Å²) < 4.78 is 11.3. The molecule has 3 rings (SSSR count). The molecule has 1 aromatic carbocycles. The Morgan fingerprint density at radius 1 is 1.52 bits per heavy atom. The van der Waals surface area contributed by atoms with E-state index in [0.29, 0.717) is 6.54 Å². The van der Waals surface area contributed by atoms with Crippen LogP contribution in [0.25, 0.3) is 0 Å². The molecule has 0 amide bonds. The lowest BCUT2D eigenvalue weighted by atomic mass is 10.1. The lowest BCUT2D eigenvalue weighted by Gasteiger charge is -2.14. The molecule has 0 spiro atoms. The minimum atomic E-state index is 0.0882. The molecule has 1 aliphatic rings. The monoisotopic (exact) mass is 288 g/mol. The number of rotatable bonds is 5. The smallest absolute Gasteiger partial charge is 0.141 e. The van der Waals surface area contributed by atoms with E-state index in [-0.39, 0.29) is 12.1 Å². The lowest BCUT2D eigenvalue weighted by Crippen LogP contribution is -2.19. The van der Waals surface area contributed by atoms with Crippen molar-refractivity contribution < 1.29 is 9.47 Å². The number of hydrogen-bond acceptors (Lipinski definition) is 5. The average molecular weight is 288 g/mol. The van der Waals surface area contributed by atoms with Gasteiger partial charge in [-0.2, -0.15) is 5.10 Å². The van der Waals surface area contributed by atoms with E-state index in [4.69, 9.17) is 9.47 Å². The largest absolute Gasteiger partial charge is 0.496 e. The second-order valence-electron chi connectivity index (χ2n) is 5.38. The first-order valence-corrected chi connectivity index (χ1v) is 7.12. The van der Waals surface area contributed by atoms with Gasteiger partial charge in [-0.15, -0.1) is 0 Å². The summed E-state index contributed by atoms with van der Waals surface area (Å²) in [5.41, 5.74) is 2.29. The molecule has 1 aromatic heterocycles. The van der Waals surface area contributed by atoms with Crippen LogP contribution in [-0.2, 0) is 13.0 Å². The Labute approximate surface area is 123 Å². The summed E-state index contributed by atoms with van der Waals surface area (Å²) >= 11 is 0. The van der Waals surface area contributed by atoms with Crippen LogP contribution in [0.5, 0.6) is 11.5 Å². The number of nitrogens with one attached hydrogen (secondary N) is 2. The third-order valence-electron chi connectivity index (χ3n) is 3.74. The second-order valence-corrected chi connectivity index (χ2v) is 5.38. The van der Waals surface area contributed by atoms with Gasteiger partial charge >= 0.3 is 0 Å². The third-order valence-corrected chi connectivity index (χ3v) is 3.74. The van der Waals surface area contributed by atoms with E-state index in [1.54, 1.807) is 7.11 Å². The molecular formula is C15H20N4O2. The first-order valence-electron chi connectivity index (χ1n) is 7.12. The number of fused-ring (bicyclic) bond motifs is 1. The van der Waals surface area contributed by atoms with E-state index in [1.807, 2.05) is 6.92 Å². The summed E-state index contributed by atoms with van der Waals surface area (Å²) in [6, 6.07) is 4.23. The van der Waals surface area contributed by atoms with Crippen LogP contribution < -0.4 is 14.8 Å². The van der Waals surface area contributed by atoms with Crippen molar-refractivity contribution in [3.05, 3.63) is 35.4 Å². The highest BCUT2D eigenvalue weighted by Crippen LogP contribution is 2.35. The van der Waals surface area contributed by atoms with E-state index in [2.05, 4.69) is 39.6 Å². The molecule has 6 heteroatoms. The summed E-state index contributed by atoms with van der Waals surface area (Å²) in [6.07, 6.45) is 2.69. The van der Waals surface area contributed by atoms with E-state index in [9.17, 15) is 0 Å². The standard InChI is InChI=1S/C15H20N4O2/c1-9-4-11-5-13(20-3)12(6-14(11)21-9)7-16-10(2)15-17-8-18-19-15/h5-6,8-10,16H,4,7H2,1-3H3,(H,17,18,19). The summed E-state index contributed by atoms with van der Waals surface area (Å²) in [6.45, 7) is 4.80. The Morgan fingerprint density at radius 3 is 3.10 bits per heavy atom.